The number of methoxy groups -OCH3 is 1. The third-order valence-corrected chi connectivity index (χ3v) is 5.03. The topological polar surface area (TPSA) is 71.1 Å². The molecule has 1 aliphatic heterocycles. The van der Waals surface area contributed by atoms with Crippen LogP contribution in [-0.2, 0) is 11.2 Å². The maximum atomic E-state index is 12.9. The van der Waals surface area contributed by atoms with Crippen molar-refractivity contribution in [3.05, 3.63) is 66.2 Å². The summed E-state index contributed by atoms with van der Waals surface area (Å²) in [5, 5.41) is 7.40. The highest BCUT2D eigenvalue weighted by molar-refractivity contribution is 5.80. The van der Waals surface area contributed by atoms with Gasteiger partial charge < -0.3 is 9.64 Å². The van der Waals surface area contributed by atoms with Gasteiger partial charge in [-0.25, -0.2) is 0 Å². The van der Waals surface area contributed by atoms with Crippen molar-refractivity contribution in [2.24, 2.45) is 0 Å². The van der Waals surface area contributed by atoms with Crippen molar-refractivity contribution < 1.29 is 9.53 Å². The van der Waals surface area contributed by atoms with Gasteiger partial charge in [0.15, 0.2) is 0 Å². The number of nitrogens with one attached hydrogen (secondary N) is 1. The van der Waals surface area contributed by atoms with Crippen molar-refractivity contribution in [1.82, 2.24) is 20.1 Å². The van der Waals surface area contributed by atoms with Crippen LogP contribution in [0.3, 0.4) is 0 Å². The number of likely N-dealkylation sites (tertiary alicyclic amines) is 1. The van der Waals surface area contributed by atoms with Crippen molar-refractivity contribution in [3.8, 4) is 16.9 Å². The summed E-state index contributed by atoms with van der Waals surface area (Å²) in [5.41, 5.74) is 3.97. The summed E-state index contributed by atoms with van der Waals surface area (Å²) in [5.74, 6) is 0.923. The van der Waals surface area contributed by atoms with Crippen molar-refractivity contribution in [1.29, 1.82) is 0 Å². The molecule has 1 aliphatic rings. The van der Waals surface area contributed by atoms with E-state index in [1.165, 1.54) is 0 Å². The Hall–Kier alpha value is -3.15. The number of carbonyl (C=O) groups is 1. The number of benzene rings is 1. The lowest BCUT2D eigenvalue weighted by atomic mass is 10.0. The smallest absolute Gasteiger partial charge is 0.227 e. The molecule has 6 heteroatoms. The molecule has 0 spiro atoms. The molecule has 0 aliphatic carbocycles. The summed E-state index contributed by atoms with van der Waals surface area (Å²) in [6, 6.07) is 11.7. The van der Waals surface area contributed by atoms with Crippen molar-refractivity contribution >= 4 is 5.91 Å². The average molecular weight is 362 g/mol. The van der Waals surface area contributed by atoms with Crippen LogP contribution >= 0.6 is 0 Å². The highest BCUT2D eigenvalue weighted by atomic mass is 16.5. The second kappa shape index (κ2) is 7.61. The van der Waals surface area contributed by atoms with E-state index in [0.29, 0.717) is 6.42 Å². The zero-order chi connectivity index (χ0) is 18.6. The summed E-state index contributed by atoms with van der Waals surface area (Å²) in [4.78, 5) is 19.0. The molecule has 1 aromatic carbocycles. The second-order valence-corrected chi connectivity index (χ2v) is 6.71. The Morgan fingerprint density at radius 2 is 2.22 bits per heavy atom. The first kappa shape index (κ1) is 17.3. The van der Waals surface area contributed by atoms with Crippen LogP contribution < -0.4 is 4.74 Å². The lowest BCUT2D eigenvalue weighted by Gasteiger charge is -2.25. The molecule has 3 heterocycles. The molecule has 0 bridgehead atoms. The molecule has 0 saturated carbocycles. The van der Waals surface area contributed by atoms with Gasteiger partial charge in [-0.1, -0.05) is 18.2 Å². The fourth-order valence-corrected chi connectivity index (χ4v) is 3.71. The van der Waals surface area contributed by atoms with E-state index in [0.717, 1.165) is 47.5 Å². The molecule has 27 heavy (non-hydrogen) atoms. The number of pyridine rings is 1. The number of ether oxygens (including phenoxy) is 1. The van der Waals surface area contributed by atoms with Gasteiger partial charge in [-0.15, -0.1) is 0 Å². The normalized spacial score (nSPS) is 16.5. The maximum absolute atomic E-state index is 12.9. The third-order valence-electron chi connectivity index (χ3n) is 5.03. The molecule has 4 rings (SSSR count). The molecule has 0 radical (unpaired) electrons. The molecule has 3 aromatic rings. The number of H-pyrrole nitrogens is 1. The van der Waals surface area contributed by atoms with E-state index in [4.69, 9.17) is 4.74 Å². The first-order valence-corrected chi connectivity index (χ1v) is 9.12. The van der Waals surface area contributed by atoms with E-state index in [-0.39, 0.29) is 11.9 Å². The van der Waals surface area contributed by atoms with Gasteiger partial charge in [0, 0.05) is 24.5 Å². The fourth-order valence-electron chi connectivity index (χ4n) is 3.71. The summed E-state index contributed by atoms with van der Waals surface area (Å²) in [6.07, 6.45) is 7.58. The van der Waals surface area contributed by atoms with Crippen LogP contribution in [0.2, 0.25) is 0 Å². The lowest BCUT2D eigenvalue weighted by molar-refractivity contribution is -0.131. The Bertz CT molecular complexity index is 923. The zero-order valence-corrected chi connectivity index (χ0v) is 15.3. The number of carbonyl (C=O) groups excluding carboxylic acids is 1. The number of nitrogens with zero attached hydrogens (tertiary/aromatic N) is 3. The SMILES string of the molecule is COc1cccc(-c2cn[nH]c2[C@H]2CCCN2C(=O)Cc2cccnc2)c1. The first-order chi connectivity index (χ1) is 13.3. The Balaban J connectivity index is 1.59. The zero-order valence-electron chi connectivity index (χ0n) is 15.3. The highest BCUT2D eigenvalue weighted by Crippen LogP contribution is 2.37. The van der Waals surface area contributed by atoms with E-state index in [9.17, 15) is 4.79 Å². The van der Waals surface area contributed by atoms with Gasteiger partial charge in [0.05, 0.1) is 31.5 Å². The molecule has 0 unspecified atom stereocenters. The van der Waals surface area contributed by atoms with Crippen LogP contribution in [0.25, 0.3) is 11.1 Å². The maximum Gasteiger partial charge on any atom is 0.227 e. The Labute approximate surface area is 158 Å². The Morgan fingerprint density at radius 3 is 3.04 bits per heavy atom. The number of amides is 1. The van der Waals surface area contributed by atoms with Gasteiger partial charge in [0.2, 0.25) is 5.91 Å². The molecule has 1 amide bonds. The monoisotopic (exact) mass is 362 g/mol. The van der Waals surface area contributed by atoms with E-state index >= 15 is 0 Å². The Kier molecular flexibility index (Phi) is 4.87. The van der Waals surface area contributed by atoms with Crippen molar-refractivity contribution in [2.75, 3.05) is 13.7 Å². The minimum atomic E-state index is 0.0119. The lowest BCUT2D eigenvalue weighted by Crippen LogP contribution is -2.32. The molecular formula is C21H22N4O2. The van der Waals surface area contributed by atoms with Crippen LogP contribution in [0.4, 0.5) is 0 Å². The number of aromatic amines is 1. The third kappa shape index (κ3) is 3.56. The summed E-state index contributed by atoms with van der Waals surface area (Å²) in [6.45, 7) is 0.764. The predicted octanol–water partition coefficient (Wildman–Crippen LogP) is 3.39. The second-order valence-electron chi connectivity index (χ2n) is 6.71. The van der Waals surface area contributed by atoms with Gasteiger partial charge in [-0.2, -0.15) is 5.10 Å². The molecule has 1 saturated heterocycles. The summed E-state index contributed by atoms with van der Waals surface area (Å²) in [7, 11) is 1.66. The molecular weight excluding hydrogens is 340 g/mol. The van der Waals surface area contributed by atoms with E-state index in [2.05, 4.69) is 15.2 Å². The molecule has 1 atom stereocenters. The van der Waals surface area contributed by atoms with Gasteiger partial charge in [0.25, 0.3) is 0 Å². The minimum Gasteiger partial charge on any atom is -0.497 e. The first-order valence-electron chi connectivity index (χ1n) is 9.12. The molecule has 6 nitrogen and oxygen atoms in total. The Morgan fingerprint density at radius 1 is 1.30 bits per heavy atom. The van der Waals surface area contributed by atoms with Crippen molar-refractivity contribution in [2.45, 2.75) is 25.3 Å². The predicted molar refractivity (Wildman–Crippen MR) is 102 cm³/mol. The quantitative estimate of drug-likeness (QED) is 0.755. The number of rotatable bonds is 5. The largest absolute Gasteiger partial charge is 0.497 e. The summed E-state index contributed by atoms with van der Waals surface area (Å²) >= 11 is 0. The standard InChI is InChI=1S/C21H22N4O2/c1-27-17-7-2-6-16(12-17)18-14-23-24-21(18)19-8-4-10-25(19)20(26)11-15-5-3-9-22-13-15/h2-3,5-7,9,12-14,19H,4,8,10-11H2,1H3,(H,23,24)/t19-/m1/s1. The fraction of sp³-hybridized carbons (Fsp3) is 0.286. The number of hydrogen-bond donors (Lipinski definition) is 1. The minimum absolute atomic E-state index is 0.0119. The van der Waals surface area contributed by atoms with Crippen LogP contribution in [0, 0.1) is 0 Å². The van der Waals surface area contributed by atoms with Crippen LogP contribution in [-0.4, -0.2) is 39.6 Å². The van der Waals surface area contributed by atoms with Crippen LogP contribution in [0.5, 0.6) is 5.75 Å². The van der Waals surface area contributed by atoms with E-state index in [1.54, 1.807) is 19.5 Å². The van der Waals surface area contributed by atoms with E-state index in [1.807, 2.05) is 47.5 Å². The summed E-state index contributed by atoms with van der Waals surface area (Å²) < 4.78 is 5.34. The van der Waals surface area contributed by atoms with Gasteiger partial charge in [-0.3, -0.25) is 14.9 Å². The van der Waals surface area contributed by atoms with E-state index < -0.39 is 0 Å². The molecule has 2 aromatic heterocycles. The number of aromatic nitrogens is 3. The highest BCUT2D eigenvalue weighted by Gasteiger charge is 2.32. The number of hydrogen-bond acceptors (Lipinski definition) is 4. The van der Waals surface area contributed by atoms with Crippen LogP contribution in [0.15, 0.2) is 55.0 Å². The molecule has 1 N–H and O–H groups in total. The van der Waals surface area contributed by atoms with Gasteiger partial charge in [0.1, 0.15) is 5.75 Å². The van der Waals surface area contributed by atoms with Gasteiger partial charge in [-0.05, 0) is 42.2 Å². The molecule has 138 valence electrons. The molecule has 1 fully saturated rings. The van der Waals surface area contributed by atoms with Crippen LogP contribution in [0.1, 0.15) is 30.1 Å². The average Bonchev–Trinajstić information content (AvgIpc) is 3.38. The van der Waals surface area contributed by atoms with Crippen molar-refractivity contribution in [3.63, 3.8) is 0 Å². The van der Waals surface area contributed by atoms with Gasteiger partial charge >= 0.3 is 0 Å².